The summed E-state index contributed by atoms with van der Waals surface area (Å²) in [5.41, 5.74) is 0.417. The van der Waals surface area contributed by atoms with Gasteiger partial charge in [0.15, 0.2) is 0 Å². The topological polar surface area (TPSA) is 97.8 Å². The quantitative estimate of drug-likeness (QED) is 0.762. The Morgan fingerprint density at radius 2 is 2.16 bits per heavy atom. The monoisotopic (exact) mass is 268 g/mol. The molecule has 0 saturated heterocycles. The number of aliphatic carboxylic acids is 1. The van der Waals surface area contributed by atoms with Crippen LogP contribution >= 0.6 is 0 Å². The van der Waals surface area contributed by atoms with Gasteiger partial charge in [0.1, 0.15) is 18.9 Å². The van der Waals surface area contributed by atoms with Gasteiger partial charge in [-0.3, -0.25) is 4.79 Å². The van der Waals surface area contributed by atoms with Gasteiger partial charge >= 0.3 is 5.97 Å². The van der Waals surface area contributed by atoms with Crippen LogP contribution in [0.2, 0.25) is 0 Å². The molecule has 0 aromatic carbocycles. The standard InChI is InChI=1S/C12H16N2O5/c1-8(2)19-12-9(4-3-5-13-12)14-10(15)6-18-7-11(16)17/h3-5,8H,6-7H2,1-2H3,(H,14,15)(H,16,17). The van der Waals surface area contributed by atoms with Crippen molar-refractivity contribution in [3.8, 4) is 5.88 Å². The van der Waals surface area contributed by atoms with Gasteiger partial charge < -0.3 is 19.9 Å². The number of nitrogens with zero attached hydrogens (tertiary/aromatic N) is 1. The summed E-state index contributed by atoms with van der Waals surface area (Å²) in [7, 11) is 0. The highest BCUT2D eigenvalue weighted by atomic mass is 16.5. The van der Waals surface area contributed by atoms with Crippen LogP contribution in [0.1, 0.15) is 13.8 Å². The molecule has 1 aromatic rings. The molecule has 104 valence electrons. The highest BCUT2D eigenvalue weighted by Gasteiger charge is 2.10. The lowest BCUT2D eigenvalue weighted by Gasteiger charge is -2.13. The molecule has 1 rings (SSSR count). The number of carboxylic acid groups (broad SMARTS) is 1. The number of pyridine rings is 1. The predicted molar refractivity (Wildman–Crippen MR) is 67.1 cm³/mol. The summed E-state index contributed by atoms with van der Waals surface area (Å²) in [5, 5.41) is 10.9. The van der Waals surface area contributed by atoms with E-state index in [4.69, 9.17) is 9.84 Å². The summed E-state index contributed by atoms with van der Waals surface area (Å²) in [4.78, 5) is 25.8. The molecule has 7 nitrogen and oxygen atoms in total. The highest BCUT2D eigenvalue weighted by Crippen LogP contribution is 2.21. The molecule has 0 fully saturated rings. The van der Waals surface area contributed by atoms with Gasteiger partial charge in [-0.25, -0.2) is 9.78 Å². The van der Waals surface area contributed by atoms with Crippen molar-refractivity contribution < 1.29 is 24.2 Å². The molecule has 1 amide bonds. The third kappa shape index (κ3) is 5.82. The lowest BCUT2D eigenvalue weighted by molar-refractivity contribution is -0.143. The number of amides is 1. The highest BCUT2D eigenvalue weighted by molar-refractivity contribution is 5.92. The van der Waals surface area contributed by atoms with E-state index >= 15 is 0 Å². The second-order valence-corrected chi connectivity index (χ2v) is 3.96. The summed E-state index contributed by atoms with van der Waals surface area (Å²) >= 11 is 0. The first kappa shape index (κ1) is 14.9. The Labute approximate surface area is 110 Å². The molecule has 0 bridgehead atoms. The normalized spacial score (nSPS) is 10.3. The number of anilines is 1. The van der Waals surface area contributed by atoms with Gasteiger partial charge in [0.05, 0.1) is 6.10 Å². The van der Waals surface area contributed by atoms with E-state index in [0.717, 1.165) is 0 Å². The van der Waals surface area contributed by atoms with Crippen molar-refractivity contribution in [3.05, 3.63) is 18.3 Å². The molecule has 0 aliphatic rings. The van der Waals surface area contributed by atoms with Gasteiger partial charge in [-0.05, 0) is 26.0 Å². The molecule has 19 heavy (non-hydrogen) atoms. The second-order valence-electron chi connectivity index (χ2n) is 3.96. The van der Waals surface area contributed by atoms with E-state index in [-0.39, 0.29) is 12.7 Å². The first-order valence-corrected chi connectivity index (χ1v) is 5.70. The van der Waals surface area contributed by atoms with Crippen LogP contribution in [0.25, 0.3) is 0 Å². The molecule has 0 unspecified atom stereocenters. The van der Waals surface area contributed by atoms with E-state index in [1.54, 1.807) is 18.3 Å². The molecule has 1 aromatic heterocycles. The molecule has 0 radical (unpaired) electrons. The van der Waals surface area contributed by atoms with E-state index in [9.17, 15) is 9.59 Å². The molecule has 1 heterocycles. The summed E-state index contributed by atoms with van der Waals surface area (Å²) in [6, 6.07) is 3.29. The van der Waals surface area contributed by atoms with Crippen molar-refractivity contribution in [1.82, 2.24) is 4.98 Å². The smallest absolute Gasteiger partial charge is 0.329 e. The van der Waals surface area contributed by atoms with Crippen LogP contribution in [0.4, 0.5) is 5.69 Å². The Hall–Kier alpha value is -2.15. The maximum Gasteiger partial charge on any atom is 0.329 e. The van der Waals surface area contributed by atoms with Gasteiger partial charge in [-0.2, -0.15) is 0 Å². The van der Waals surface area contributed by atoms with E-state index in [1.165, 1.54) is 0 Å². The van der Waals surface area contributed by atoms with Gasteiger partial charge in [0.25, 0.3) is 5.91 Å². The summed E-state index contributed by atoms with van der Waals surface area (Å²) in [6.07, 6.45) is 1.47. The fourth-order valence-electron chi connectivity index (χ4n) is 1.22. The molecule has 0 atom stereocenters. The predicted octanol–water partition coefficient (Wildman–Crippen LogP) is 0.908. The van der Waals surface area contributed by atoms with Gasteiger partial charge in [0.2, 0.25) is 5.88 Å². The Kier molecular flexibility index (Phi) is 5.74. The van der Waals surface area contributed by atoms with Crippen LogP contribution in [0.3, 0.4) is 0 Å². The maximum absolute atomic E-state index is 11.5. The number of carbonyl (C=O) groups is 2. The third-order valence-electron chi connectivity index (χ3n) is 1.85. The molecule has 0 spiro atoms. The first-order valence-electron chi connectivity index (χ1n) is 5.70. The van der Waals surface area contributed by atoms with Crippen LogP contribution in [-0.2, 0) is 14.3 Å². The minimum Gasteiger partial charge on any atom is -0.480 e. The van der Waals surface area contributed by atoms with E-state index in [1.807, 2.05) is 13.8 Å². The second kappa shape index (κ2) is 7.32. The number of carbonyl (C=O) groups excluding carboxylic acids is 1. The van der Waals surface area contributed by atoms with Crippen molar-refractivity contribution in [3.63, 3.8) is 0 Å². The zero-order chi connectivity index (χ0) is 14.3. The largest absolute Gasteiger partial charge is 0.480 e. The van der Waals surface area contributed by atoms with Crippen molar-refractivity contribution >= 4 is 17.6 Å². The lowest BCUT2D eigenvalue weighted by Crippen LogP contribution is -2.21. The minimum atomic E-state index is -1.13. The minimum absolute atomic E-state index is 0.0752. The molecule has 0 aliphatic heterocycles. The number of nitrogens with one attached hydrogen (secondary N) is 1. The zero-order valence-electron chi connectivity index (χ0n) is 10.8. The third-order valence-corrected chi connectivity index (χ3v) is 1.85. The summed E-state index contributed by atoms with van der Waals surface area (Å²) in [6.45, 7) is 2.82. The van der Waals surface area contributed by atoms with E-state index in [0.29, 0.717) is 11.6 Å². The average molecular weight is 268 g/mol. The molecule has 2 N–H and O–H groups in total. The number of carboxylic acids is 1. The molecule has 0 aliphatic carbocycles. The number of hydrogen-bond acceptors (Lipinski definition) is 5. The number of rotatable bonds is 7. The Morgan fingerprint density at radius 1 is 1.42 bits per heavy atom. The Balaban J connectivity index is 2.56. The van der Waals surface area contributed by atoms with Crippen molar-refractivity contribution in [2.24, 2.45) is 0 Å². The van der Waals surface area contributed by atoms with E-state index in [2.05, 4.69) is 15.0 Å². The van der Waals surface area contributed by atoms with Crippen LogP contribution < -0.4 is 10.1 Å². The summed E-state index contributed by atoms with van der Waals surface area (Å²) < 4.78 is 10.1. The van der Waals surface area contributed by atoms with Crippen molar-refractivity contribution in [1.29, 1.82) is 0 Å². The molecule has 7 heteroatoms. The number of ether oxygens (including phenoxy) is 2. The van der Waals surface area contributed by atoms with Gasteiger partial charge in [-0.15, -0.1) is 0 Å². The van der Waals surface area contributed by atoms with Crippen LogP contribution in [0.5, 0.6) is 5.88 Å². The SMILES string of the molecule is CC(C)Oc1ncccc1NC(=O)COCC(=O)O. The Bertz CT molecular complexity index is 448. The fraction of sp³-hybridized carbons (Fsp3) is 0.417. The van der Waals surface area contributed by atoms with Crippen molar-refractivity contribution in [2.75, 3.05) is 18.5 Å². The zero-order valence-corrected chi connectivity index (χ0v) is 10.8. The summed E-state index contributed by atoms with van der Waals surface area (Å²) in [5.74, 6) is -1.29. The fourth-order valence-corrected chi connectivity index (χ4v) is 1.22. The first-order chi connectivity index (χ1) is 8.99. The van der Waals surface area contributed by atoms with Crippen molar-refractivity contribution in [2.45, 2.75) is 20.0 Å². The van der Waals surface area contributed by atoms with Crippen LogP contribution in [-0.4, -0.2) is 41.3 Å². The van der Waals surface area contributed by atoms with E-state index < -0.39 is 18.5 Å². The van der Waals surface area contributed by atoms with Gasteiger partial charge in [-0.1, -0.05) is 0 Å². The van der Waals surface area contributed by atoms with Crippen LogP contribution in [0, 0.1) is 0 Å². The molecular formula is C12H16N2O5. The lowest BCUT2D eigenvalue weighted by atomic mass is 10.4. The molecule has 0 saturated carbocycles. The number of aromatic nitrogens is 1. The maximum atomic E-state index is 11.5. The average Bonchev–Trinajstić information content (AvgIpc) is 2.30. The van der Waals surface area contributed by atoms with Crippen LogP contribution in [0.15, 0.2) is 18.3 Å². The number of hydrogen-bond donors (Lipinski definition) is 2. The van der Waals surface area contributed by atoms with Gasteiger partial charge in [0, 0.05) is 6.20 Å². The molecular weight excluding hydrogens is 252 g/mol. The Morgan fingerprint density at radius 3 is 2.79 bits per heavy atom.